The Morgan fingerprint density at radius 1 is 0.879 bits per heavy atom. The normalized spacial score (nSPS) is 23.1. The fourth-order valence-corrected chi connectivity index (χ4v) is 5.64. The van der Waals surface area contributed by atoms with E-state index in [2.05, 4.69) is 14.8 Å². The third-order valence-electron chi connectivity index (χ3n) is 7.40. The first-order valence-electron chi connectivity index (χ1n) is 11.8. The Bertz CT molecular complexity index is 1100. The van der Waals surface area contributed by atoms with E-state index in [9.17, 15) is 17.6 Å². The van der Waals surface area contributed by atoms with Crippen molar-refractivity contribution in [1.82, 2.24) is 9.88 Å². The fourth-order valence-electron chi connectivity index (χ4n) is 5.64. The summed E-state index contributed by atoms with van der Waals surface area (Å²) in [5.41, 5.74) is 2.27. The molecule has 2 aliphatic rings. The number of fused-ring (bicyclic) bond motifs is 1. The number of anilines is 1. The molecule has 33 heavy (non-hydrogen) atoms. The molecular formula is C26H29F4N3. The van der Waals surface area contributed by atoms with Crippen LogP contribution in [0.3, 0.4) is 0 Å². The second kappa shape index (κ2) is 9.01. The number of rotatable bonds is 3. The first kappa shape index (κ1) is 22.3. The highest BCUT2D eigenvalue weighted by molar-refractivity contribution is 5.83. The lowest BCUT2D eigenvalue weighted by Gasteiger charge is -2.36. The molecule has 1 aliphatic heterocycles. The Balaban J connectivity index is 1.20. The van der Waals surface area contributed by atoms with Crippen molar-refractivity contribution >= 4 is 16.6 Å². The molecule has 1 aliphatic carbocycles. The molecule has 7 heteroatoms. The summed E-state index contributed by atoms with van der Waals surface area (Å²) in [7, 11) is 0. The maximum Gasteiger partial charge on any atom is 0.416 e. The average Bonchev–Trinajstić information content (AvgIpc) is 3.06. The van der Waals surface area contributed by atoms with Crippen LogP contribution in [0.15, 0.2) is 48.7 Å². The van der Waals surface area contributed by atoms with E-state index in [0.29, 0.717) is 17.6 Å². The molecule has 0 bridgehead atoms. The SMILES string of the molecule is Fc1ccc2[nH]cc(C3CCC(N4CCCN(c5cccc(C(F)(F)F)c5)CC4)CC3)c2c1. The molecule has 2 fully saturated rings. The molecular weight excluding hydrogens is 430 g/mol. The number of hydrogen-bond donors (Lipinski definition) is 1. The summed E-state index contributed by atoms with van der Waals surface area (Å²) in [6.45, 7) is 3.35. The molecule has 0 amide bonds. The minimum atomic E-state index is -4.32. The van der Waals surface area contributed by atoms with Gasteiger partial charge in [-0.25, -0.2) is 4.39 Å². The van der Waals surface area contributed by atoms with Gasteiger partial charge >= 0.3 is 6.18 Å². The summed E-state index contributed by atoms with van der Waals surface area (Å²) >= 11 is 0. The van der Waals surface area contributed by atoms with Crippen LogP contribution in [0.4, 0.5) is 23.2 Å². The smallest absolute Gasteiger partial charge is 0.370 e. The lowest BCUT2D eigenvalue weighted by Crippen LogP contribution is -2.40. The number of hydrogen-bond acceptors (Lipinski definition) is 2. The number of aromatic amines is 1. The van der Waals surface area contributed by atoms with Gasteiger partial charge in [0.15, 0.2) is 0 Å². The molecule has 2 aromatic carbocycles. The highest BCUT2D eigenvalue weighted by Gasteiger charge is 2.32. The average molecular weight is 460 g/mol. The maximum absolute atomic E-state index is 13.8. The van der Waals surface area contributed by atoms with E-state index in [4.69, 9.17) is 0 Å². The van der Waals surface area contributed by atoms with E-state index in [1.54, 1.807) is 18.2 Å². The Morgan fingerprint density at radius 3 is 2.48 bits per heavy atom. The Kier molecular flexibility index (Phi) is 6.08. The van der Waals surface area contributed by atoms with E-state index >= 15 is 0 Å². The quantitative estimate of drug-likeness (QED) is 0.448. The summed E-state index contributed by atoms with van der Waals surface area (Å²) in [5.74, 6) is 0.234. The van der Waals surface area contributed by atoms with Crippen molar-refractivity contribution in [3.05, 3.63) is 65.6 Å². The van der Waals surface area contributed by atoms with Crippen LogP contribution >= 0.6 is 0 Å². The summed E-state index contributed by atoms with van der Waals surface area (Å²) in [5, 5.41) is 0.991. The van der Waals surface area contributed by atoms with Gasteiger partial charge in [0.05, 0.1) is 5.56 Å². The summed E-state index contributed by atoms with van der Waals surface area (Å²) in [6.07, 6.45) is 2.99. The van der Waals surface area contributed by atoms with Gasteiger partial charge in [-0.1, -0.05) is 6.07 Å². The molecule has 2 heterocycles. The van der Waals surface area contributed by atoms with Crippen LogP contribution in [-0.2, 0) is 6.18 Å². The van der Waals surface area contributed by atoms with Crippen LogP contribution in [0, 0.1) is 5.82 Å². The number of benzene rings is 2. The molecule has 0 unspecified atom stereocenters. The van der Waals surface area contributed by atoms with Crippen molar-refractivity contribution in [1.29, 1.82) is 0 Å². The zero-order chi connectivity index (χ0) is 23.0. The van der Waals surface area contributed by atoms with Crippen molar-refractivity contribution < 1.29 is 17.6 Å². The van der Waals surface area contributed by atoms with Gasteiger partial charge < -0.3 is 9.88 Å². The molecule has 176 valence electrons. The van der Waals surface area contributed by atoms with Crippen molar-refractivity contribution in [2.75, 3.05) is 31.1 Å². The Hall–Kier alpha value is -2.54. The topological polar surface area (TPSA) is 22.3 Å². The number of aromatic nitrogens is 1. The summed E-state index contributed by atoms with van der Waals surface area (Å²) < 4.78 is 53.1. The fraction of sp³-hybridized carbons (Fsp3) is 0.462. The Labute approximate surface area is 191 Å². The van der Waals surface area contributed by atoms with Crippen LogP contribution in [0.25, 0.3) is 10.9 Å². The van der Waals surface area contributed by atoms with Gasteiger partial charge in [0.25, 0.3) is 0 Å². The zero-order valence-corrected chi connectivity index (χ0v) is 18.5. The first-order chi connectivity index (χ1) is 15.9. The number of H-pyrrole nitrogens is 1. The van der Waals surface area contributed by atoms with Crippen molar-refractivity contribution in [2.45, 2.75) is 50.2 Å². The monoisotopic (exact) mass is 459 g/mol. The van der Waals surface area contributed by atoms with Crippen molar-refractivity contribution in [3.63, 3.8) is 0 Å². The van der Waals surface area contributed by atoms with E-state index in [-0.39, 0.29) is 5.82 Å². The van der Waals surface area contributed by atoms with Crippen LogP contribution in [0.5, 0.6) is 0 Å². The van der Waals surface area contributed by atoms with Gasteiger partial charge in [-0.2, -0.15) is 13.2 Å². The van der Waals surface area contributed by atoms with Gasteiger partial charge in [0, 0.05) is 55.0 Å². The molecule has 0 atom stereocenters. The molecule has 1 N–H and O–H groups in total. The molecule has 3 nitrogen and oxygen atoms in total. The molecule has 1 saturated heterocycles. The number of nitrogens with zero attached hydrogens (tertiary/aromatic N) is 2. The molecule has 5 rings (SSSR count). The van der Waals surface area contributed by atoms with Crippen LogP contribution in [0.2, 0.25) is 0 Å². The standard InChI is InChI=1S/C26H29F4N3/c27-20-7-10-25-23(16-20)24(17-31-25)18-5-8-21(9-6-18)32-11-2-12-33(14-13-32)22-4-1-3-19(15-22)26(28,29)30/h1,3-4,7,10,15-18,21,31H,2,5-6,8-9,11-14H2. The predicted octanol–water partition coefficient (Wildman–Crippen LogP) is 6.56. The van der Waals surface area contributed by atoms with Gasteiger partial charge in [-0.3, -0.25) is 4.90 Å². The second-order valence-corrected chi connectivity index (χ2v) is 9.36. The number of alkyl halides is 3. The molecule has 3 aromatic rings. The van der Waals surface area contributed by atoms with E-state index < -0.39 is 11.7 Å². The van der Waals surface area contributed by atoms with E-state index in [1.807, 2.05) is 6.20 Å². The lowest BCUT2D eigenvalue weighted by molar-refractivity contribution is -0.137. The summed E-state index contributed by atoms with van der Waals surface area (Å²) in [4.78, 5) is 7.89. The third-order valence-corrected chi connectivity index (χ3v) is 7.40. The number of nitrogens with one attached hydrogen (secondary N) is 1. The summed E-state index contributed by atoms with van der Waals surface area (Å²) in [6, 6.07) is 11.1. The zero-order valence-electron chi connectivity index (χ0n) is 18.5. The maximum atomic E-state index is 13.8. The lowest BCUT2D eigenvalue weighted by atomic mass is 9.81. The minimum absolute atomic E-state index is 0.202. The molecule has 1 aromatic heterocycles. The van der Waals surface area contributed by atoms with Gasteiger partial charge in [-0.05, 0) is 80.0 Å². The van der Waals surface area contributed by atoms with Crippen LogP contribution in [-0.4, -0.2) is 42.1 Å². The Morgan fingerprint density at radius 2 is 1.70 bits per heavy atom. The van der Waals surface area contributed by atoms with Gasteiger partial charge in [0.2, 0.25) is 0 Å². The van der Waals surface area contributed by atoms with Gasteiger partial charge in [-0.15, -0.1) is 0 Å². The predicted molar refractivity (Wildman–Crippen MR) is 123 cm³/mol. The van der Waals surface area contributed by atoms with E-state index in [0.717, 1.165) is 75.3 Å². The highest BCUT2D eigenvalue weighted by atomic mass is 19.4. The largest absolute Gasteiger partial charge is 0.416 e. The molecule has 0 radical (unpaired) electrons. The second-order valence-electron chi connectivity index (χ2n) is 9.36. The van der Waals surface area contributed by atoms with Gasteiger partial charge in [0.1, 0.15) is 5.82 Å². The first-order valence-corrected chi connectivity index (χ1v) is 11.8. The third kappa shape index (κ3) is 4.74. The molecule has 0 spiro atoms. The van der Waals surface area contributed by atoms with Crippen molar-refractivity contribution in [3.8, 4) is 0 Å². The minimum Gasteiger partial charge on any atom is -0.370 e. The number of halogens is 4. The van der Waals surface area contributed by atoms with Crippen LogP contribution < -0.4 is 4.90 Å². The van der Waals surface area contributed by atoms with Crippen LogP contribution in [0.1, 0.15) is 49.1 Å². The van der Waals surface area contributed by atoms with Crippen molar-refractivity contribution in [2.24, 2.45) is 0 Å². The van der Waals surface area contributed by atoms with E-state index in [1.165, 1.54) is 23.8 Å². The highest BCUT2D eigenvalue weighted by Crippen LogP contribution is 2.38. The molecule has 1 saturated carbocycles.